The Hall–Kier alpha value is -1.45. The van der Waals surface area contributed by atoms with Gasteiger partial charge in [-0.05, 0) is 37.8 Å². The molecule has 1 atom stereocenters. The van der Waals surface area contributed by atoms with E-state index in [1.807, 2.05) is 0 Å². The molecule has 0 saturated heterocycles. The van der Waals surface area contributed by atoms with Crippen molar-refractivity contribution in [3.63, 3.8) is 0 Å². The molecule has 0 aliphatic carbocycles. The predicted octanol–water partition coefficient (Wildman–Crippen LogP) is 7.21. The monoisotopic (exact) mass is 368 g/mol. The van der Waals surface area contributed by atoms with Gasteiger partial charge in [0, 0.05) is 6.07 Å². The topological polar surface area (TPSA) is 26.3 Å². The van der Waals surface area contributed by atoms with Crippen molar-refractivity contribution in [2.75, 3.05) is 0 Å². The van der Waals surface area contributed by atoms with Crippen molar-refractivity contribution in [3.8, 4) is 0 Å². The van der Waals surface area contributed by atoms with E-state index in [4.69, 9.17) is 4.74 Å². The number of esters is 1. The summed E-state index contributed by atoms with van der Waals surface area (Å²) in [6, 6.07) is 2.97. The number of carbonyl (C=O) groups excluding carboxylic acids is 1. The van der Waals surface area contributed by atoms with Crippen LogP contribution in [0, 0.1) is 11.6 Å². The maximum absolute atomic E-state index is 13.8. The summed E-state index contributed by atoms with van der Waals surface area (Å²) in [5.74, 6) is -2.24. The van der Waals surface area contributed by atoms with E-state index in [0.717, 1.165) is 63.1 Å². The zero-order chi connectivity index (χ0) is 19.2. The van der Waals surface area contributed by atoms with Gasteiger partial charge in [-0.15, -0.1) is 0 Å². The lowest BCUT2D eigenvalue weighted by molar-refractivity contribution is 0.0243. The molecule has 0 aromatic heterocycles. The average molecular weight is 369 g/mol. The molecule has 0 aliphatic rings. The summed E-state index contributed by atoms with van der Waals surface area (Å²) in [6.45, 7) is 4.35. The molecule has 148 valence electrons. The van der Waals surface area contributed by atoms with E-state index in [1.165, 1.54) is 32.1 Å². The molecule has 1 aromatic carbocycles. The van der Waals surface area contributed by atoms with E-state index in [2.05, 4.69) is 13.8 Å². The maximum atomic E-state index is 13.8. The SMILES string of the molecule is CCCCCCCCC(CCCCCC)OC(=O)c1ccc(F)cc1F. The number of carbonyl (C=O) groups is 1. The Balaban J connectivity index is 2.51. The van der Waals surface area contributed by atoms with Crippen LogP contribution in [0.2, 0.25) is 0 Å². The van der Waals surface area contributed by atoms with Crippen molar-refractivity contribution >= 4 is 5.97 Å². The van der Waals surface area contributed by atoms with Crippen LogP contribution in [0.1, 0.15) is 101 Å². The lowest BCUT2D eigenvalue weighted by atomic mass is 10.0. The first kappa shape index (κ1) is 22.6. The Morgan fingerprint density at radius 3 is 2.00 bits per heavy atom. The van der Waals surface area contributed by atoms with Crippen LogP contribution >= 0.6 is 0 Å². The third-order valence-corrected chi connectivity index (χ3v) is 4.68. The van der Waals surface area contributed by atoms with Crippen LogP contribution in [0.3, 0.4) is 0 Å². The first-order valence-corrected chi connectivity index (χ1v) is 10.2. The van der Waals surface area contributed by atoms with Gasteiger partial charge in [0.1, 0.15) is 17.7 Å². The highest BCUT2D eigenvalue weighted by Gasteiger charge is 2.19. The number of halogens is 2. The molecule has 0 bridgehead atoms. The van der Waals surface area contributed by atoms with Gasteiger partial charge in [-0.2, -0.15) is 0 Å². The van der Waals surface area contributed by atoms with E-state index in [1.54, 1.807) is 0 Å². The van der Waals surface area contributed by atoms with Crippen molar-refractivity contribution in [1.82, 2.24) is 0 Å². The van der Waals surface area contributed by atoms with Crippen LogP contribution in [0.25, 0.3) is 0 Å². The number of unbranched alkanes of at least 4 members (excludes halogenated alkanes) is 8. The van der Waals surface area contributed by atoms with Gasteiger partial charge in [0.15, 0.2) is 0 Å². The third-order valence-electron chi connectivity index (χ3n) is 4.68. The summed E-state index contributed by atoms with van der Waals surface area (Å²) >= 11 is 0. The maximum Gasteiger partial charge on any atom is 0.341 e. The molecule has 1 aromatic rings. The Kier molecular flexibility index (Phi) is 11.9. The van der Waals surface area contributed by atoms with Gasteiger partial charge in [0.05, 0.1) is 5.56 Å². The average Bonchev–Trinajstić information content (AvgIpc) is 2.61. The molecular formula is C22H34F2O2. The van der Waals surface area contributed by atoms with Crippen LogP contribution in [-0.2, 0) is 4.74 Å². The Bertz CT molecular complexity index is 517. The van der Waals surface area contributed by atoms with Gasteiger partial charge < -0.3 is 4.74 Å². The number of ether oxygens (including phenoxy) is 1. The molecule has 4 heteroatoms. The highest BCUT2D eigenvalue weighted by Crippen LogP contribution is 2.19. The summed E-state index contributed by atoms with van der Waals surface area (Å²) in [5.41, 5.74) is -0.187. The molecule has 0 heterocycles. The van der Waals surface area contributed by atoms with Crippen molar-refractivity contribution in [2.24, 2.45) is 0 Å². The van der Waals surface area contributed by atoms with Crippen molar-refractivity contribution in [2.45, 2.75) is 97.0 Å². The molecule has 2 nitrogen and oxygen atoms in total. The van der Waals surface area contributed by atoms with Gasteiger partial charge in [-0.25, -0.2) is 13.6 Å². The summed E-state index contributed by atoms with van der Waals surface area (Å²) in [7, 11) is 0. The minimum atomic E-state index is -0.862. The van der Waals surface area contributed by atoms with E-state index in [9.17, 15) is 13.6 Å². The molecule has 0 radical (unpaired) electrons. The fourth-order valence-corrected chi connectivity index (χ4v) is 3.08. The second kappa shape index (κ2) is 13.7. The molecule has 0 spiro atoms. The standard InChI is InChI=1S/C22H34F2O2/c1-3-5-7-9-10-12-14-19(13-11-8-6-4-2)26-22(25)20-16-15-18(23)17-21(20)24/h15-17,19H,3-14H2,1-2H3. The number of benzene rings is 1. The Labute approximate surface area is 157 Å². The van der Waals surface area contributed by atoms with Gasteiger partial charge in [0.25, 0.3) is 0 Å². The number of hydrogen-bond donors (Lipinski definition) is 0. The number of rotatable bonds is 14. The van der Waals surface area contributed by atoms with Crippen LogP contribution in [0.15, 0.2) is 18.2 Å². The normalized spacial score (nSPS) is 12.2. The first-order chi connectivity index (χ1) is 12.6. The molecule has 0 saturated carbocycles. The molecule has 1 rings (SSSR count). The lowest BCUT2D eigenvalue weighted by Gasteiger charge is -2.18. The van der Waals surface area contributed by atoms with Crippen LogP contribution in [0.5, 0.6) is 0 Å². The highest BCUT2D eigenvalue weighted by atomic mass is 19.1. The molecule has 0 N–H and O–H groups in total. The Morgan fingerprint density at radius 1 is 0.885 bits per heavy atom. The van der Waals surface area contributed by atoms with Gasteiger partial charge in [0.2, 0.25) is 0 Å². The zero-order valence-electron chi connectivity index (χ0n) is 16.4. The van der Waals surface area contributed by atoms with Gasteiger partial charge in [-0.3, -0.25) is 0 Å². The van der Waals surface area contributed by atoms with E-state index < -0.39 is 17.6 Å². The van der Waals surface area contributed by atoms with Gasteiger partial charge in [-0.1, -0.05) is 65.2 Å². The Morgan fingerprint density at radius 2 is 1.42 bits per heavy atom. The molecular weight excluding hydrogens is 334 g/mol. The lowest BCUT2D eigenvalue weighted by Crippen LogP contribution is -2.19. The predicted molar refractivity (Wildman–Crippen MR) is 102 cm³/mol. The quantitative estimate of drug-likeness (QED) is 0.256. The second-order valence-electron chi connectivity index (χ2n) is 7.06. The van der Waals surface area contributed by atoms with Crippen LogP contribution in [-0.4, -0.2) is 12.1 Å². The highest BCUT2D eigenvalue weighted by molar-refractivity contribution is 5.89. The number of hydrogen-bond acceptors (Lipinski definition) is 2. The van der Waals surface area contributed by atoms with Crippen LogP contribution in [0.4, 0.5) is 8.78 Å². The molecule has 0 aliphatic heterocycles. The largest absolute Gasteiger partial charge is 0.459 e. The third kappa shape index (κ3) is 9.30. The van der Waals surface area contributed by atoms with Crippen molar-refractivity contribution in [3.05, 3.63) is 35.4 Å². The summed E-state index contributed by atoms with van der Waals surface area (Å²) < 4.78 is 32.4. The summed E-state index contributed by atoms with van der Waals surface area (Å²) in [6.07, 6.45) is 13.0. The smallest absolute Gasteiger partial charge is 0.341 e. The van der Waals surface area contributed by atoms with E-state index in [-0.39, 0.29) is 11.7 Å². The minimum Gasteiger partial charge on any atom is -0.459 e. The summed E-state index contributed by atoms with van der Waals surface area (Å²) in [5, 5.41) is 0. The van der Waals surface area contributed by atoms with E-state index in [0.29, 0.717) is 0 Å². The zero-order valence-corrected chi connectivity index (χ0v) is 16.4. The van der Waals surface area contributed by atoms with Crippen molar-refractivity contribution < 1.29 is 18.3 Å². The van der Waals surface area contributed by atoms with E-state index >= 15 is 0 Å². The minimum absolute atomic E-state index is 0.185. The fraction of sp³-hybridized carbons (Fsp3) is 0.682. The second-order valence-corrected chi connectivity index (χ2v) is 7.06. The molecule has 0 fully saturated rings. The summed E-state index contributed by atoms with van der Waals surface area (Å²) in [4.78, 5) is 12.3. The van der Waals surface area contributed by atoms with Crippen LogP contribution < -0.4 is 0 Å². The van der Waals surface area contributed by atoms with Gasteiger partial charge >= 0.3 is 5.97 Å². The molecule has 1 unspecified atom stereocenters. The fourth-order valence-electron chi connectivity index (χ4n) is 3.08. The first-order valence-electron chi connectivity index (χ1n) is 10.2. The van der Waals surface area contributed by atoms with Crippen molar-refractivity contribution in [1.29, 1.82) is 0 Å². The molecule has 0 amide bonds. The molecule has 26 heavy (non-hydrogen) atoms.